The molecule has 1 saturated carbocycles. The van der Waals surface area contributed by atoms with Gasteiger partial charge in [0.1, 0.15) is 0 Å². The highest BCUT2D eigenvalue weighted by molar-refractivity contribution is 6.06. The normalized spacial score (nSPS) is 40.1. The largest absolute Gasteiger partial charge is 0.296 e. The fraction of sp³-hybridized carbons (Fsp3) is 0.833. The van der Waals surface area contributed by atoms with Gasteiger partial charge < -0.3 is 0 Å². The summed E-state index contributed by atoms with van der Waals surface area (Å²) in [6, 6.07) is 0. The average Bonchev–Trinajstić information content (AvgIpc) is 2.69. The summed E-state index contributed by atoms with van der Waals surface area (Å²) in [6.45, 7) is 4.30. The van der Waals surface area contributed by atoms with E-state index in [1.54, 1.807) is 0 Å². The molecule has 3 heteroatoms. The summed E-state index contributed by atoms with van der Waals surface area (Å²) in [4.78, 5) is 23.2. The molecule has 84 valence electrons. The molecule has 0 aromatic rings. The van der Waals surface area contributed by atoms with Gasteiger partial charge in [0, 0.05) is 6.42 Å². The van der Waals surface area contributed by atoms with Crippen LogP contribution in [0.2, 0.25) is 0 Å². The van der Waals surface area contributed by atoms with Gasteiger partial charge in [0.25, 0.3) is 0 Å². The zero-order valence-electron chi connectivity index (χ0n) is 9.51. The van der Waals surface area contributed by atoms with Gasteiger partial charge in [0.2, 0.25) is 11.8 Å². The number of rotatable bonds is 2. The number of amides is 2. The van der Waals surface area contributed by atoms with Crippen molar-refractivity contribution >= 4 is 11.8 Å². The Morgan fingerprint density at radius 3 is 2.53 bits per heavy atom. The molecule has 15 heavy (non-hydrogen) atoms. The maximum absolute atomic E-state index is 11.9. The molecular formula is C12H19NO2. The zero-order chi connectivity index (χ0) is 11.1. The first-order valence-electron chi connectivity index (χ1n) is 5.96. The smallest absolute Gasteiger partial charge is 0.233 e. The lowest BCUT2D eigenvalue weighted by molar-refractivity contribution is -0.130. The van der Waals surface area contributed by atoms with Gasteiger partial charge in [0.05, 0.1) is 5.41 Å². The third-order valence-electron chi connectivity index (χ3n) is 4.30. The lowest BCUT2D eigenvalue weighted by Gasteiger charge is -2.26. The van der Waals surface area contributed by atoms with Crippen LogP contribution in [0.25, 0.3) is 0 Å². The monoisotopic (exact) mass is 209 g/mol. The molecule has 1 N–H and O–H groups in total. The number of carbonyl (C=O) groups excluding carboxylic acids is 2. The first-order chi connectivity index (χ1) is 7.12. The van der Waals surface area contributed by atoms with Crippen LogP contribution >= 0.6 is 0 Å². The summed E-state index contributed by atoms with van der Waals surface area (Å²) in [6.07, 6.45) is 4.60. The van der Waals surface area contributed by atoms with E-state index in [1.807, 2.05) is 0 Å². The van der Waals surface area contributed by atoms with E-state index < -0.39 is 0 Å². The number of hydrogen-bond donors (Lipinski definition) is 1. The second kappa shape index (κ2) is 3.62. The minimum Gasteiger partial charge on any atom is -0.296 e. The van der Waals surface area contributed by atoms with E-state index in [9.17, 15) is 9.59 Å². The molecule has 0 radical (unpaired) electrons. The van der Waals surface area contributed by atoms with E-state index in [0.717, 1.165) is 25.7 Å². The minimum absolute atomic E-state index is 0.00435. The van der Waals surface area contributed by atoms with Gasteiger partial charge in [-0.25, -0.2) is 0 Å². The van der Waals surface area contributed by atoms with Crippen LogP contribution in [0.3, 0.4) is 0 Å². The molecule has 1 saturated heterocycles. The first-order valence-corrected chi connectivity index (χ1v) is 5.96. The van der Waals surface area contributed by atoms with Crippen molar-refractivity contribution in [1.29, 1.82) is 0 Å². The SMILES string of the molecule is CCC1CC(CC)C2(CC(=O)NC2=O)C1. The molecule has 3 atom stereocenters. The second-order valence-electron chi connectivity index (χ2n) is 5.03. The minimum atomic E-state index is -0.341. The van der Waals surface area contributed by atoms with Crippen LogP contribution < -0.4 is 5.32 Å². The summed E-state index contributed by atoms with van der Waals surface area (Å²) >= 11 is 0. The van der Waals surface area contributed by atoms with E-state index in [4.69, 9.17) is 0 Å². The third-order valence-corrected chi connectivity index (χ3v) is 4.30. The molecule has 2 fully saturated rings. The van der Waals surface area contributed by atoms with Crippen molar-refractivity contribution in [1.82, 2.24) is 5.32 Å². The first kappa shape index (κ1) is 10.7. The van der Waals surface area contributed by atoms with Crippen LogP contribution in [0, 0.1) is 17.3 Å². The second-order valence-corrected chi connectivity index (χ2v) is 5.03. The molecule has 1 spiro atoms. The van der Waals surface area contributed by atoms with E-state index in [0.29, 0.717) is 18.3 Å². The Labute approximate surface area is 90.6 Å². The Kier molecular flexibility index (Phi) is 2.57. The van der Waals surface area contributed by atoms with Crippen molar-refractivity contribution in [2.24, 2.45) is 17.3 Å². The summed E-state index contributed by atoms with van der Waals surface area (Å²) in [5.41, 5.74) is -0.341. The highest BCUT2D eigenvalue weighted by Crippen LogP contribution is 2.53. The maximum atomic E-state index is 11.9. The van der Waals surface area contributed by atoms with Gasteiger partial charge in [-0.2, -0.15) is 0 Å². The number of hydrogen-bond acceptors (Lipinski definition) is 2. The topological polar surface area (TPSA) is 46.2 Å². The van der Waals surface area contributed by atoms with E-state index >= 15 is 0 Å². The molecule has 1 aliphatic carbocycles. The van der Waals surface area contributed by atoms with E-state index in [-0.39, 0.29) is 17.2 Å². The lowest BCUT2D eigenvalue weighted by Crippen LogP contribution is -2.34. The van der Waals surface area contributed by atoms with Crippen molar-refractivity contribution in [3.63, 3.8) is 0 Å². The Balaban J connectivity index is 2.26. The summed E-state index contributed by atoms with van der Waals surface area (Å²) in [5, 5.41) is 2.48. The lowest BCUT2D eigenvalue weighted by atomic mass is 9.75. The molecule has 3 unspecified atom stereocenters. The van der Waals surface area contributed by atoms with Crippen LogP contribution in [0.1, 0.15) is 46.0 Å². The van der Waals surface area contributed by atoms with E-state index in [1.165, 1.54) is 0 Å². The molecule has 3 nitrogen and oxygen atoms in total. The van der Waals surface area contributed by atoms with Crippen molar-refractivity contribution in [3.8, 4) is 0 Å². The predicted molar refractivity (Wildman–Crippen MR) is 57.0 cm³/mol. The van der Waals surface area contributed by atoms with Crippen LogP contribution in [0.15, 0.2) is 0 Å². The van der Waals surface area contributed by atoms with Crippen molar-refractivity contribution in [3.05, 3.63) is 0 Å². The maximum Gasteiger partial charge on any atom is 0.233 e. The van der Waals surface area contributed by atoms with E-state index in [2.05, 4.69) is 19.2 Å². The van der Waals surface area contributed by atoms with Gasteiger partial charge in [0.15, 0.2) is 0 Å². The summed E-state index contributed by atoms with van der Waals surface area (Å²) in [7, 11) is 0. The van der Waals surface area contributed by atoms with Gasteiger partial charge in [-0.3, -0.25) is 14.9 Å². The van der Waals surface area contributed by atoms with Gasteiger partial charge in [-0.1, -0.05) is 26.7 Å². The third kappa shape index (κ3) is 1.48. The van der Waals surface area contributed by atoms with Gasteiger partial charge in [-0.15, -0.1) is 0 Å². The molecule has 0 bridgehead atoms. The molecule has 0 aromatic carbocycles. The number of nitrogens with one attached hydrogen (secondary N) is 1. The highest BCUT2D eigenvalue weighted by atomic mass is 16.2. The van der Waals surface area contributed by atoms with Crippen molar-refractivity contribution in [2.75, 3.05) is 0 Å². The molecule has 0 aromatic heterocycles. The van der Waals surface area contributed by atoms with Crippen molar-refractivity contribution in [2.45, 2.75) is 46.0 Å². The average molecular weight is 209 g/mol. The highest BCUT2D eigenvalue weighted by Gasteiger charge is 2.55. The van der Waals surface area contributed by atoms with Gasteiger partial charge in [-0.05, 0) is 24.7 Å². The van der Waals surface area contributed by atoms with Crippen LogP contribution in [-0.2, 0) is 9.59 Å². The Hall–Kier alpha value is -0.860. The number of carbonyl (C=O) groups is 2. The fourth-order valence-corrected chi connectivity index (χ4v) is 3.42. The molecule has 2 rings (SSSR count). The van der Waals surface area contributed by atoms with Crippen LogP contribution in [0.4, 0.5) is 0 Å². The van der Waals surface area contributed by atoms with Crippen LogP contribution in [0.5, 0.6) is 0 Å². The number of imide groups is 1. The van der Waals surface area contributed by atoms with Crippen LogP contribution in [-0.4, -0.2) is 11.8 Å². The standard InChI is InChI=1S/C12H19NO2/c1-3-8-5-9(4-2)12(6-8)7-10(14)13-11(12)15/h8-9H,3-7H2,1-2H3,(H,13,14,15). The fourth-order valence-electron chi connectivity index (χ4n) is 3.42. The summed E-state index contributed by atoms with van der Waals surface area (Å²) in [5.74, 6) is 0.964. The Morgan fingerprint density at radius 2 is 2.07 bits per heavy atom. The zero-order valence-corrected chi connectivity index (χ0v) is 9.51. The molecule has 1 aliphatic heterocycles. The Morgan fingerprint density at radius 1 is 1.33 bits per heavy atom. The molecular weight excluding hydrogens is 190 g/mol. The molecule has 2 amide bonds. The van der Waals surface area contributed by atoms with Crippen molar-refractivity contribution < 1.29 is 9.59 Å². The van der Waals surface area contributed by atoms with Gasteiger partial charge >= 0.3 is 0 Å². The Bertz CT molecular complexity index is 300. The molecule has 1 heterocycles. The predicted octanol–water partition coefficient (Wildman–Crippen LogP) is 1.87. The molecule has 2 aliphatic rings. The summed E-state index contributed by atoms with van der Waals surface area (Å²) < 4.78 is 0. The quantitative estimate of drug-likeness (QED) is 0.706.